The van der Waals surface area contributed by atoms with Crippen LogP contribution in [0.3, 0.4) is 0 Å². The highest BCUT2D eigenvalue weighted by Gasteiger charge is 2.42. The summed E-state index contributed by atoms with van der Waals surface area (Å²) >= 11 is 0. The number of methoxy groups -OCH3 is 4. The van der Waals surface area contributed by atoms with Crippen LogP contribution < -0.4 is 24.3 Å². The molecule has 1 N–H and O–H groups in total. The lowest BCUT2D eigenvalue weighted by molar-refractivity contribution is -0.139. The smallest absolute Gasteiger partial charge is 0.336 e. The molecule has 208 valence electrons. The Hall–Kier alpha value is -3.94. The highest BCUT2D eigenvalue weighted by molar-refractivity contribution is 6.04. The second-order valence-corrected chi connectivity index (χ2v) is 9.73. The molecular weight excluding hydrogens is 498 g/mol. The third-order valence-corrected chi connectivity index (χ3v) is 7.41. The summed E-state index contributed by atoms with van der Waals surface area (Å²) in [6.45, 7) is 4.21. The van der Waals surface area contributed by atoms with E-state index in [2.05, 4.69) is 5.32 Å². The number of unbranched alkanes of at least 4 members (excludes halogenated alkanes) is 1. The van der Waals surface area contributed by atoms with Gasteiger partial charge in [-0.2, -0.15) is 0 Å². The Morgan fingerprint density at radius 2 is 1.64 bits per heavy atom. The van der Waals surface area contributed by atoms with E-state index in [1.165, 1.54) is 0 Å². The van der Waals surface area contributed by atoms with Crippen molar-refractivity contribution in [2.75, 3.05) is 35.0 Å². The monoisotopic (exact) mass is 535 g/mol. The van der Waals surface area contributed by atoms with E-state index < -0.39 is 11.9 Å². The summed E-state index contributed by atoms with van der Waals surface area (Å²) in [6.07, 6.45) is 2.55. The first-order chi connectivity index (χ1) is 18.9. The first kappa shape index (κ1) is 28.1. The summed E-state index contributed by atoms with van der Waals surface area (Å²) in [5.74, 6) is 1.22. The predicted molar refractivity (Wildman–Crippen MR) is 148 cm³/mol. The van der Waals surface area contributed by atoms with E-state index in [0.717, 1.165) is 24.1 Å². The molecule has 39 heavy (non-hydrogen) atoms. The maximum absolute atomic E-state index is 14.0. The van der Waals surface area contributed by atoms with Gasteiger partial charge >= 0.3 is 5.97 Å². The van der Waals surface area contributed by atoms with Gasteiger partial charge in [-0.05, 0) is 61.6 Å². The van der Waals surface area contributed by atoms with E-state index in [4.69, 9.17) is 23.7 Å². The van der Waals surface area contributed by atoms with Crippen LogP contribution in [0.4, 0.5) is 0 Å². The zero-order valence-electron chi connectivity index (χ0n) is 23.5. The lowest BCUT2D eigenvalue weighted by Crippen LogP contribution is -2.36. The molecule has 1 aliphatic heterocycles. The van der Waals surface area contributed by atoms with Gasteiger partial charge in [-0.1, -0.05) is 19.4 Å². The van der Waals surface area contributed by atoms with Gasteiger partial charge in [0.25, 0.3) is 0 Å². The van der Waals surface area contributed by atoms with Crippen LogP contribution >= 0.6 is 0 Å². The number of hydrogen-bond donors (Lipinski definition) is 1. The molecule has 0 aromatic heterocycles. The molecule has 0 spiro atoms. The topological polar surface area (TPSA) is 92.3 Å². The molecule has 0 unspecified atom stereocenters. The standard InChI is InChI=1S/C31H37NO7/c1-7-8-13-39-31(34)28-18(2)32-23-14-20(19-9-11-26(37-5)27(16-19)38-6)15-24(33)30(23)29(28)22-17-21(35-3)10-12-25(22)36-4/h9-12,16-17,20,29,32H,7-8,13-15H2,1-6H3/t20-,29-/m0/s1. The molecule has 8 nitrogen and oxygen atoms in total. The van der Waals surface area contributed by atoms with Crippen molar-refractivity contribution in [3.8, 4) is 23.0 Å². The third-order valence-electron chi connectivity index (χ3n) is 7.41. The SMILES string of the molecule is CCCCOC(=O)C1=C(C)NC2=C(C(=O)C[C@@H](c3ccc(OC)c(OC)c3)C2)[C@H]1c1cc(OC)ccc1OC. The number of ketones is 1. The molecule has 1 aliphatic carbocycles. The summed E-state index contributed by atoms with van der Waals surface area (Å²) in [4.78, 5) is 27.4. The predicted octanol–water partition coefficient (Wildman–Crippen LogP) is 5.43. The average molecular weight is 536 g/mol. The number of hydrogen-bond acceptors (Lipinski definition) is 8. The summed E-state index contributed by atoms with van der Waals surface area (Å²) in [5.41, 5.74) is 4.09. The molecule has 2 aromatic carbocycles. The number of Topliss-reactive ketones (excluding diaryl/α,β-unsaturated/α-hetero) is 1. The third kappa shape index (κ3) is 5.60. The zero-order valence-corrected chi connectivity index (χ0v) is 23.5. The normalized spacial score (nSPS) is 18.8. The van der Waals surface area contributed by atoms with Crippen LogP contribution in [0.5, 0.6) is 23.0 Å². The van der Waals surface area contributed by atoms with E-state index in [1.807, 2.05) is 38.1 Å². The fourth-order valence-electron chi connectivity index (χ4n) is 5.42. The van der Waals surface area contributed by atoms with Crippen molar-refractivity contribution >= 4 is 11.8 Å². The number of ether oxygens (including phenoxy) is 5. The van der Waals surface area contributed by atoms with Crippen LogP contribution in [0.2, 0.25) is 0 Å². The minimum absolute atomic E-state index is 0.0373. The van der Waals surface area contributed by atoms with Gasteiger partial charge < -0.3 is 29.0 Å². The minimum Gasteiger partial charge on any atom is -0.497 e. The molecule has 0 amide bonds. The molecule has 0 bridgehead atoms. The second kappa shape index (κ2) is 12.3. The molecule has 0 saturated heterocycles. The van der Waals surface area contributed by atoms with Crippen molar-refractivity contribution in [3.05, 3.63) is 70.1 Å². The van der Waals surface area contributed by atoms with Crippen LogP contribution in [-0.2, 0) is 14.3 Å². The molecule has 0 radical (unpaired) electrons. The van der Waals surface area contributed by atoms with Gasteiger partial charge in [0.05, 0.1) is 46.5 Å². The highest BCUT2D eigenvalue weighted by Crippen LogP contribution is 2.49. The van der Waals surface area contributed by atoms with Crippen LogP contribution in [0.1, 0.15) is 62.5 Å². The van der Waals surface area contributed by atoms with Gasteiger partial charge in [0.15, 0.2) is 17.3 Å². The minimum atomic E-state index is -0.653. The van der Waals surface area contributed by atoms with Gasteiger partial charge in [0.1, 0.15) is 11.5 Å². The fourth-order valence-corrected chi connectivity index (χ4v) is 5.42. The van der Waals surface area contributed by atoms with Crippen LogP contribution in [0.15, 0.2) is 58.9 Å². The van der Waals surface area contributed by atoms with E-state index in [0.29, 0.717) is 58.4 Å². The second-order valence-electron chi connectivity index (χ2n) is 9.73. The van der Waals surface area contributed by atoms with Crippen LogP contribution in [-0.4, -0.2) is 46.8 Å². The molecule has 2 aromatic rings. The highest BCUT2D eigenvalue weighted by atomic mass is 16.5. The molecule has 8 heteroatoms. The fraction of sp³-hybridized carbons (Fsp3) is 0.419. The maximum atomic E-state index is 14.0. The van der Waals surface area contributed by atoms with Crippen LogP contribution in [0.25, 0.3) is 0 Å². The van der Waals surface area contributed by atoms with E-state index in [-0.39, 0.29) is 18.1 Å². The summed E-state index contributed by atoms with van der Waals surface area (Å²) < 4.78 is 27.7. The summed E-state index contributed by atoms with van der Waals surface area (Å²) in [5, 5.41) is 3.40. The van der Waals surface area contributed by atoms with Crippen molar-refractivity contribution in [3.63, 3.8) is 0 Å². The Kier molecular flexibility index (Phi) is 8.84. The van der Waals surface area contributed by atoms with Gasteiger partial charge in [-0.3, -0.25) is 4.79 Å². The molecule has 0 saturated carbocycles. The molecule has 4 rings (SSSR count). The van der Waals surface area contributed by atoms with Crippen LogP contribution in [0, 0.1) is 0 Å². The van der Waals surface area contributed by atoms with Crippen molar-refractivity contribution in [2.45, 2.75) is 51.4 Å². The average Bonchev–Trinajstić information content (AvgIpc) is 2.95. The Morgan fingerprint density at radius 1 is 0.923 bits per heavy atom. The number of rotatable bonds is 10. The number of benzene rings is 2. The summed E-state index contributed by atoms with van der Waals surface area (Å²) in [7, 11) is 6.35. The van der Waals surface area contributed by atoms with Crippen molar-refractivity contribution in [1.29, 1.82) is 0 Å². The first-order valence-corrected chi connectivity index (χ1v) is 13.2. The van der Waals surface area contributed by atoms with Gasteiger partial charge in [-0.15, -0.1) is 0 Å². The van der Waals surface area contributed by atoms with E-state index in [1.54, 1.807) is 40.6 Å². The molecule has 0 fully saturated rings. The quantitative estimate of drug-likeness (QED) is 0.318. The Labute approximate surface area is 229 Å². The maximum Gasteiger partial charge on any atom is 0.336 e. The Bertz CT molecular complexity index is 1310. The largest absolute Gasteiger partial charge is 0.497 e. The first-order valence-electron chi connectivity index (χ1n) is 13.2. The van der Waals surface area contributed by atoms with Gasteiger partial charge in [0.2, 0.25) is 0 Å². The lowest BCUT2D eigenvalue weighted by Gasteiger charge is -2.37. The number of carbonyl (C=O) groups is 2. The number of dihydropyridines is 1. The number of esters is 1. The zero-order chi connectivity index (χ0) is 28.1. The van der Waals surface area contributed by atoms with Gasteiger partial charge in [-0.25, -0.2) is 4.79 Å². The molecule has 1 heterocycles. The van der Waals surface area contributed by atoms with E-state index >= 15 is 0 Å². The van der Waals surface area contributed by atoms with Crippen molar-refractivity contribution < 1.29 is 33.3 Å². The number of nitrogens with one attached hydrogen (secondary N) is 1. The van der Waals surface area contributed by atoms with Gasteiger partial charge in [0, 0.05) is 29.0 Å². The molecule has 2 atom stereocenters. The Balaban J connectivity index is 1.81. The molecular formula is C31H37NO7. The molecule has 2 aliphatic rings. The van der Waals surface area contributed by atoms with Crippen molar-refractivity contribution in [1.82, 2.24) is 5.32 Å². The lowest BCUT2D eigenvalue weighted by atomic mass is 9.71. The Morgan fingerprint density at radius 3 is 2.31 bits per heavy atom. The van der Waals surface area contributed by atoms with E-state index in [9.17, 15) is 9.59 Å². The van der Waals surface area contributed by atoms with Crippen molar-refractivity contribution in [2.24, 2.45) is 0 Å². The number of allylic oxidation sites excluding steroid dienone is 3. The number of carbonyl (C=O) groups excluding carboxylic acids is 2. The summed E-state index contributed by atoms with van der Waals surface area (Å²) in [6, 6.07) is 11.2.